The number of hydrogen-bond donors (Lipinski definition) is 4. The van der Waals surface area contributed by atoms with Crippen LogP contribution in [0.4, 0.5) is 0 Å². The lowest BCUT2D eigenvalue weighted by atomic mass is 9.97. The molecule has 6 atom stereocenters. The van der Waals surface area contributed by atoms with Gasteiger partial charge in [-0.15, -0.1) is 0 Å². The lowest BCUT2D eigenvalue weighted by Crippen LogP contribution is -2.60. The molecule has 1 saturated heterocycles. The number of carbonyl (C=O) groups excluding carboxylic acids is 4. The minimum Gasteiger partial charge on any atom is -0.496 e. The van der Waals surface area contributed by atoms with Crippen molar-refractivity contribution in [1.29, 1.82) is 0 Å². The fraction of sp³-hybridized carbons (Fsp3) is 0.385. The predicted octanol–water partition coefficient (Wildman–Crippen LogP) is 3.23. The zero-order chi connectivity index (χ0) is 35.6. The molecule has 3 aromatic carbocycles. The molecule has 264 valence electrons. The Bertz CT molecular complexity index is 1670. The Balaban J connectivity index is 1.48. The van der Waals surface area contributed by atoms with Gasteiger partial charge in [0.2, 0.25) is 23.6 Å². The molecule has 2 unspecified atom stereocenters. The van der Waals surface area contributed by atoms with Crippen molar-refractivity contribution < 1.29 is 28.7 Å². The Morgan fingerprint density at radius 2 is 1.62 bits per heavy atom. The lowest BCUT2D eigenvalue weighted by molar-refractivity contribution is -0.144. The third-order valence-electron chi connectivity index (χ3n) is 9.51. The van der Waals surface area contributed by atoms with Gasteiger partial charge >= 0.3 is 0 Å². The van der Waals surface area contributed by atoms with Crippen LogP contribution in [-0.4, -0.2) is 79.5 Å². The molecular weight excluding hydrogens is 634 g/mol. The van der Waals surface area contributed by atoms with Crippen molar-refractivity contribution in [1.82, 2.24) is 26.2 Å². The first-order chi connectivity index (χ1) is 24.2. The molecule has 0 saturated carbocycles. The van der Waals surface area contributed by atoms with Crippen molar-refractivity contribution in [3.8, 4) is 11.5 Å². The number of nitrogens with zero attached hydrogens (tertiary/aromatic N) is 1. The normalized spacial score (nSPS) is 21.4. The van der Waals surface area contributed by atoms with Crippen LogP contribution < -0.4 is 30.7 Å². The predicted molar refractivity (Wildman–Crippen MR) is 191 cm³/mol. The first kappa shape index (κ1) is 36.1. The van der Waals surface area contributed by atoms with E-state index in [1.807, 2.05) is 74.5 Å². The first-order valence-corrected chi connectivity index (χ1v) is 17.2. The van der Waals surface area contributed by atoms with Crippen molar-refractivity contribution in [3.63, 3.8) is 0 Å². The Kier molecular flexibility index (Phi) is 12.3. The molecule has 2 heterocycles. The molecule has 11 nitrogen and oxygen atoms in total. The van der Waals surface area contributed by atoms with E-state index in [9.17, 15) is 19.2 Å². The molecule has 0 radical (unpaired) electrons. The van der Waals surface area contributed by atoms with E-state index in [2.05, 4.69) is 21.3 Å². The maximum absolute atomic E-state index is 14.6. The fourth-order valence-corrected chi connectivity index (χ4v) is 6.48. The van der Waals surface area contributed by atoms with E-state index in [4.69, 9.17) is 9.47 Å². The van der Waals surface area contributed by atoms with E-state index in [0.29, 0.717) is 36.3 Å². The summed E-state index contributed by atoms with van der Waals surface area (Å²) in [6, 6.07) is 20.9. The Morgan fingerprint density at radius 1 is 0.960 bits per heavy atom. The van der Waals surface area contributed by atoms with Crippen LogP contribution in [0.15, 0.2) is 85.1 Å². The lowest BCUT2D eigenvalue weighted by Gasteiger charge is -2.33. The number of rotatable bonds is 11. The second kappa shape index (κ2) is 17.0. The Hall–Kier alpha value is -5.16. The standard InChI is InChI=1S/C39H47N5O6/c1-5-25(2)34-37(46)41-20-18-28-24-29(16-17-32(28)49-4)50-33-19-21-44(35(33)38(47)43-34)39(48)31(23-27-14-10-7-11-15-27)42-36(45)30(40-3)22-26-12-8-6-9-13-26/h6-18,20,24-25,30-31,33-35,40H,5,19,21-23H2,1-4H3,(H,41,46)(H,42,45)(H,43,47)/b20-18+/t25?,30-,31-,33-,34-,35?/m0/s1. The van der Waals surface area contributed by atoms with Crippen molar-refractivity contribution in [3.05, 3.63) is 102 Å². The van der Waals surface area contributed by atoms with Gasteiger partial charge in [0.05, 0.1) is 13.2 Å². The Morgan fingerprint density at radius 3 is 2.24 bits per heavy atom. The molecule has 2 aliphatic rings. The smallest absolute Gasteiger partial charge is 0.247 e. The van der Waals surface area contributed by atoms with Crippen LogP contribution in [0.3, 0.4) is 0 Å². The minimum atomic E-state index is -1.07. The Labute approximate surface area is 293 Å². The molecule has 5 rings (SSSR count). The molecule has 0 aliphatic carbocycles. The van der Waals surface area contributed by atoms with Gasteiger partial charge in [0.1, 0.15) is 35.7 Å². The highest BCUT2D eigenvalue weighted by molar-refractivity contribution is 5.96. The number of ether oxygens (including phenoxy) is 2. The number of likely N-dealkylation sites (tertiary alicyclic amines) is 1. The van der Waals surface area contributed by atoms with Crippen LogP contribution in [0.1, 0.15) is 43.4 Å². The van der Waals surface area contributed by atoms with Crippen molar-refractivity contribution in [2.75, 3.05) is 20.7 Å². The van der Waals surface area contributed by atoms with Crippen molar-refractivity contribution in [2.24, 2.45) is 5.92 Å². The van der Waals surface area contributed by atoms with Gasteiger partial charge in [-0.05, 0) is 54.8 Å². The summed E-state index contributed by atoms with van der Waals surface area (Å²) in [5.41, 5.74) is 2.50. The number of carbonyl (C=O) groups is 4. The van der Waals surface area contributed by atoms with Crippen LogP contribution in [0.5, 0.6) is 11.5 Å². The highest BCUT2D eigenvalue weighted by Crippen LogP contribution is 2.30. The summed E-state index contributed by atoms with van der Waals surface area (Å²) in [4.78, 5) is 57.6. The van der Waals surface area contributed by atoms with Gasteiger partial charge in [0.25, 0.3) is 0 Å². The average molecular weight is 682 g/mol. The van der Waals surface area contributed by atoms with Gasteiger partial charge in [-0.1, -0.05) is 80.9 Å². The van der Waals surface area contributed by atoms with Crippen LogP contribution >= 0.6 is 0 Å². The van der Waals surface area contributed by atoms with Gasteiger partial charge in [0, 0.05) is 31.1 Å². The third kappa shape index (κ3) is 8.70. The highest BCUT2D eigenvalue weighted by Gasteiger charge is 2.46. The number of benzene rings is 3. The van der Waals surface area contributed by atoms with Crippen molar-refractivity contribution >= 4 is 29.7 Å². The van der Waals surface area contributed by atoms with Crippen LogP contribution in [0.2, 0.25) is 0 Å². The number of hydrogen-bond acceptors (Lipinski definition) is 7. The van der Waals surface area contributed by atoms with E-state index in [1.54, 1.807) is 38.4 Å². The minimum absolute atomic E-state index is 0.203. The molecule has 50 heavy (non-hydrogen) atoms. The summed E-state index contributed by atoms with van der Waals surface area (Å²) in [7, 11) is 3.27. The molecule has 0 spiro atoms. The van der Waals surface area contributed by atoms with E-state index >= 15 is 0 Å². The van der Waals surface area contributed by atoms with Crippen LogP contribution in [0, 0.1) is 5.92 Å². The SMILES string of the molecule is CCC(C)[C@@H]1NC(=O)C2[C@H](CCN2C(=O)[C@H](Cc2ccccc2)NC(=O)[C@H](Cc2ccccc2)NC)Oc2ccc(OC)c(c2)/C=C/NC1=O. The zero-order valence-corrected chi connectivity index (χ0v) is 29.1. The fourth-order valence-electron chi connectivity index (χ4n) is 6.48. The molecule has 4 amide bonds. The molecular formula is C39H47N5O6. The third-order valence-corrected chi connectivity index (χ3v) is 9.51. The zero-order valence-electron chi connectivity index (χ0n) is 29.1. The maximum atomic E-state index is 14.6. The largest absolute Gasteiger partial charge is 0.496 e. The van der Waals surface area contributed by atoms with Gasteiger partial charge < -0.3 is 35.6 Å². The van der Waals surface area contributed by atoms with Crippen molar-refractivity contribution in [2.45, 2.75) is 69.8 Å². The summed E-state index contributed by atoms with van der Waals surface area (Å²) in [5, 5.41) is 11.8. The van der Waals surface area contributed by atoms with Crippen LogP contribution in [-0.2, 0) is 32.0 Å². The molecule has 2 bridgehead atoms. The molecule has 2 aliphatic heterocycles. The topological polar surface area (TPSA) is 138 Å². The van der Waals surface area contributed by atoms with Gasteiger partial charge in [-0.3, -0.25) is 19.2 Å². The number of likely N-dealkylation sites (N-methyl/N-ethyl adjacent to an activating group) is 1. The maximum Gasteiger partial charge on any atom is 0.247 e. The van der Waals surface area contributed by atoms with E-state index in [1.165, 1.54) is 11.1 Å². The molecule has 3 aromatic rings. The second-order valence-corrected chi connectivity index (χ2v) is 12.8. The first-order valence-electron chi connectivity index (χ1n) is 17.2. The van der Waals surface area contributed by atoms with Gasteiger partial charge in [-0.2, -0.15) is 0 Å². The molecule has 1 fully saturated rings. The quantitative estimate of drug-likeness (QED) is 0.244. The number of amides is 4. The number of nitrogens with one attached hydrogen (secondary N) is 4. The van der Waals surface area contributed by atoms with E-state index < -0.39 is 42.1 Å². The number of methoxy groups -OCH3 is 1. The second-order valence-electron chi connectivity index (χ2n) is 12.8. The molecule has 11 heteroatoms. The van der Waals surface area contributed by atoms with Gasteiger partial charge in [-0.25, -0.2) is 0 Å². The molecule has 0 aromatic heterocycles. The number of fused-ring (bicyclic) bond motifs is 3. The van der Waals surface area contributed by atoms with E-state index in [-0.39, 0.29) is 30.7 Å². The van der Waals surface area contributed by atoms with E-state index in [0.717, 1.165) is 11.1 Å². The summed E-state index contributed by atoms with van der Waals surface area (Å²) < 4.78 is 12.0. The van der Waals surface area contributed by atoms with Crippen LogP contribution in [0.25, 0.3) is 6.08 Å². The summed E-state index contributed by atoms with van der Waals surface area (Å²) in [5.74, 6) is -0.753. The van der Waals surface area contributed by atoms with Gasteiger partial charge in [0.15, 0.2) is 0 Å². The monoisotopic (exact) mass is 681 g/mol. The average Bonchev–Trinajstić information content (AvgIpc) is 3.55. The highest BCUT2D eigenvalue weighted by atomic mass is 16.5. The summed E-state index contributed by atoms with van der Waals surface area (Å²) in [6.07, 6.45) is 4.15. The summed E-state index contributed by atoms with van der Waals surface area (Å²) >= 11 is 0. The summed E-state index contributed by atoms with van der Waals surface area (Å²) in [6.45, 7) is 4.05. The molecule has 4 N–H and O–H groups in total.